The van der Waals surface area contributed by atoms with E-state index in [1.165, 1.54) is 19.2 Å². The molecular formula is C19H21ClN2O4S. The summed E-state index contributed by atoms with van der Waals surface area (Å²) in [6, 6.07) is 11.0. The van der Waals surface area contributed by atoms with Gasteiger partial charge in [-0.05, 0) is 36.1 Å². The molecule has 144 valence electrons. The molecule has 0 aliphatic carbocycles. The number of nitrogens with zero attached hydrogens (tertiary/aromatic N) is 1. The predicted octanol–water partition coefficient (Wildman–Crippen LogP) is 3.21. The second kappa shape index (κ2) is 9.53. The molecule has 0 aromatic heterocycles. The van der Waals surface area contributed by atoms with Crippen LogP contribution in [-0.2, 0) is 11.3 Å². The fraction of sp³-hybridized carbons (Fsp3) is 0.263. The van der Waals surface area contributed by atoms with Gasteiger partial charge in [0.25, 0.3) is 11.8 Å². The molecule has 0 unspecified atom stereocenters. The molecule has 0 saturated heterocycles. The van der Waals surface area contributed by atoms with Crippen LogP contribution in [0, 0.1) is 0 Å². The maximum absolute atomic E-state index is 12.8. The van der Waals surface area contributed by atoms with E-state index in [0.29, 0.717) is 12.1 Å². The number of amides is 2. The van der Waals surface area contributed by atoms with Crippen LogP contribution >= 0.6 is 23.4 Å². The number of hydrogen-bond donors (Lipinski definition) is 1. The maximum atomic E-state index is 12.8. The lowest BCUT2D eigenvalue weighted by Crippen LogP contribution is -2.26. The quantitative estimate of drug-likeness (QED) is 0.678. The summed E-state index contributed by atoms with van der Waals surface area (Å²) in [5, 5.41) is 0.164. The fourth-order valence-electron chi connectivity index (χ4n) is 2.42. The molecule has 2 N–H and O–H groups in total. The van der Waals surface area contributed by atoms with Gasteiger partial charge >= 0.3 is 0 Å². The molecule has 0 atom stereocenters. The van der Waals surface area contributed by atoms with E-state index in [1.807, 2.05) is 30.5 Å². The fourth-order valence-corrected chi connectivity index (χ4v) is 3.10. The van der Waals surface area contributed by atoms with Crippen molar-refractivity contribution in [1.82, 2.24) is 4.90 Å². The van der Waals surface area contributed by atoms with Gasteiger partial charge in [0.2, 0.25) is 0 Å². The normalized spacial score (nSPS) is 10.4. The van der Waals surface area contributed by atoms with Gasteiger partial charge in [-0.15, -0.1) is 11.8 Å². The van der Waals surface area contributed by atoms with Crippen LogP contribution in [0.1, 0.15) is 15.9 Å². The summed E-state index contributed by atoms with van der Waals surface area (Å²) in [6.07, 6.45) is 2.01. The zero-order valence-electron chi connectivity index (χ0n) is 15.3. The first-order valence-electron chi connectivity index (χ1n) is 8.02. The minimum atomic E-state index is -0.638. The summed E-state index contributed by atoms with van der Waals surface area (Å²) in [6.45, 7) is 0.114. The number of primary amides is 1. The second-order valence-electron chi connectivity index (χ2n) is 5.75. The number of thioether (sulfide) groups is 1. The lowest BCUT2D eigenvalue weighted by Gasteiger charge is -2.19. The van der Waals surface area contributed by atoms with Crippen LogP contribution in [0.3, 0.4) is 0 Å². The third kappa shape index (κ3) is 5.55. The van der Waals surface area contributed by atoms with E-state index in [9.17, 15) is 9.59 Å². The van der Waals surface area contributed by atoms with Crippen LogP contribution in [-0.4, -0.2) is 43.7 Å². The van der Waals surface area contributed by atoms with Gasteiger partial charge in [-0.3, -0.25) is 9.59 Å². The summed E-state index contributed by atoms with van der Waals surface area (Å²) in [5.41, 5.74) is 6.45. The number of nitrogens with two attached hydrogens (primary N) is 1. The molecule has 0 fully saturated rings. The Hall–Kier alpha value is -2.38. The molecule has 6 nitrogen and oxygen atoms in total. The molecule has 8 heteroatoms. The number of carbonyl (C=O) groups excluding carboxylic acids is 2. The summed E-state index contributed by atoms with van der Waals surface area (Å²) in [4.78, 5) is 26.4. The topological polar surface area (TPSA) is 81.9 Å². The van der Waals surface area contributed by atoms with Gasteiger partial charge in [0, 0.05) is 24.1 Å². The predicted molar refractivity (Wildman–Crippen MR) is 107 cm³/mol. The third-order valence-electron chi connectivity index (χ3n) is 3.76. The van der Waals surface area contributed by atoms with Crippen molar-refractivity contribution in [3.63, 3.8) is 0 Å². The van der Waals surface area contributed by atoms with Gasteiger partial charge < -0.3 is 20.1 Å². The average molecular weight is 409 g/mol. The molecule has 2 aromatic carbocycles. The first-order chi connectivity index (χ1) is 12.8. The molecule has 0 spiro atoms. The number of hydrogen-bond acceptors (Lipinski definition) is 5. The van der Waals surface area contributed by atoms with Crippen molar-refractivity contribution in [2.75, 3.05) is 27.0 Å². The Kier molecular flexibility index (Phi) is 7.38. The van der Waals surface area contributed by atoms with E-state index < -0.39 is 5.91 Å². The minimum Gasteiger partial charge on any atom is -0.493 e. The van der Waals surface area contributed by atoms with Crippen LogP contribution in [0.4, 0.5) is 0 Å². The Bertz CT molecular complexity index is 827. The molecule has 0 radical (unpaired) electrons. The Morgan fingerprint density at radius 1 is 1.22 bits per heavy atom. The van der Waals surface area contributed by atoms with Crippen molar-refractivity contribution < 1.29 is 19.1 Å². The van der Waals surface area contributed by atoms with E-state index in [2.05, 4.69) is 0 Å². The number of carbonyl (C=O) groups is 2. The molecule has 0 aliphatic heterocycles. The highest BCUT2D eigenvalue weighted by atomic mass is 35.5. The second-order valence-corrected chi connectivity index (χ2v) is 7.04. The zero-order valence-corrected chi connectivity index (χ0v) is 16.9. The highest BCUT2D eigenvalue weighted by Crippen LogP contribution is 2.36. The summed E-state index contributed by atoms with van der Waals surface area (Å²) < 4.78 is 10.5. The number of ether oxygens (including phenoxy) is 2. The van der Waals surface area contributed by atoms with Gasteiger partial charge in [0.05, 0.1) is 12.1 Å². The number of halogens is 1. The molecule has 27 heavy (non-hydrogen) atoms. The van der Waals surface area contributed by atoms with Crippen LogP contribution in [0.25, 0.3) is 0 Å². The Labute approximate surface area is 167 Å². The zero-order chi connectivity index (χ0) is 20.0. The highest BCUT2D eigenvalue weighted by molar-refractivity contribution is 7.98. The largest absolute Gasteiger partial charge is 0.493 e. The Balaban J connectivity index is 2.18. The summed E-state index contributed by atoms with van der Waals surface area (Å²) in [5.74, 6) is -0.430. The van der Waals surface area contributed by atoms with E-state index in [0.717, 1.165) is 10.5 Å². The van der Waals surface area contributed by atoms with Gasteiger partial charge in [-0.1, -0.05) is 23.7 Å². The first-order valence-corrected chi connectivity index (χ1v) is 9.63. The molecule has 0 aliphatic rings. The van der Waals surface area contributed by atoms with E-state index in [4.69, 9.17) is 26.8 Å². The van der Waals surface area contributed by atoms with Crippen molar-refractivity contribution >= 4 is 35.2 Å². The number of benzene rings is 2. The molecule has 2 aromatic rings. The third-order valence-corrected chi connectivity index (χ3v) is 4.78. The first kappa shape index (κ1) is 20.9. The van der Waals surface area contributed by atoms with Gasteiger partial charge in [0.1, 0.15) is 0 Å². The van der Waals surface area contributed by atoms with E-state index in [1.54, 1.807) is 23.7 Å². The SMILES string of the molecule is COc1cc(C(=O)N(C)Cc2ccc(SC)cc2)cc(Cl)c1OCC(N)=O. The Morgan fingerprint density at radius 2 is 1.89 bits per heavy atom. The maximum Gasteiger partial charge on any atom is 0.255 e. The lowest BCUT2D eigenvalue weighted by molar-refractivity contribution is -0.119. The molecule has 2 amide bonds. The van der Waals surface area contributed by atoms with Crippen molar-refractivity contribution in [1.29, 1.82) is 0 Å². The summed E-state index contributed by atoms with van der Waals surface area (Å²) >= 11 is 7.87. The monoisotopic (exact) mass is 408 g/mol. The van der Waals surface area contributed by atoms with Crippen molar-refractivity contribution in [2.24, 2.45) is 5.73 Å². The van der Waals surface area contributed by atoms with Gasteiger partial charge in [-0.25, -0.2) is 0 Å². The van der Waals surface area contributed by atoms with Gasteiger partial charge in [-0.2, -0.15) is 0 Å². The highest BCUT2D eigenvalue weighted by Gasteiger charge is 2.19. The molecule has 2 rings (SSSR count). The van der Waals surface area contributed by atoms with Crippen LogP contribution < -0.4 is 15.2 Å². The Morgan fingerprint density at radius 3 is 2.44 bits per heavy atom. The molecular weight excluding hydrogens is 388 g/mol. The van der Waals surface area contributed by atoms with E-state index in [-0.39, 0.29) is 29.0 Å². The van der Waals surface area contributed by atoms with Crippen LogP contribution in [0.2, 0.25) is 5.02 Å². The van der Waals surface area contributed by atoms with Crippen LogP contribution in [0.5, 0.6) is 11.5 Å². The average Bonchev–Trinajstić information content (AvgIpc) is 2.66. The van der Waals surface area contributed by atoms with Crippen LogP contribution in [0.15, 0.2) is 41.3 Å². The van der Waals surface area contributed by atoms with Crippen molar-refractivity contribution in [3.05, 3.63) is 52.5 Å². The minimum absolute atomic E-state index is 0.164. The number of methoxy groups -OCH3 is 1. The van der Waals surface area contributed by atoms with Crippen molar-refractivity contribution in [2.45, 2.75) is 11.4 Å². The summed E-state index contributed by atoms with van der Waals surface area (Å²) in [7, 11) is 3.14. The lowest BCUT2D eigenvalue weighted by atomic mass is 10.1. The molecule has 0 heterocycles. The standard InChI is InChI=1S/C19H21ClN2O4S/c1-22(10-12-4-6-14(27-3)7-5-12)19(24)13-8-15(20)18(16(9-13)25-2)26-11-17(21)23/h4-9H,10-11H2,1-3H3,(H2,21,23). The molecule has 0 bridgehead atoms. The molecule has 0 saturated carbocycles. The van der Waals surface area contributed by atoms with Crippen molar-refractivity contribution in [3.8, 4) is 11.5 Å². The van der Waals surface area contributed by atoms with Gasteiger partial charge in [0.15, 0.2) is 18.1 Å². The smallest absolute Gasteiger partial charge is 0.255 e. The number of rotatable bonds is 8. The van der Waals surface area contributed by atoms with E-state index >= 15 is 0 Å².